The van der Waals surface area contributed by atoms with Gasteiger partial charge in [-0.05, 0) is 25.1 Å². The lowest BCUT2D eigenvalue weighted by molar-refractivity contribution is -0.116. The van der Waals surface area contributed by atoms with E-state index in [4.69, 9.17) is 9.72 Å². The van der Waals surface area contributed by atoms with E-state index in [-0.39, 0.29) is 11.9 Å². The molecule has 146 valence electrons. The van der Waals surface area contributed by atoms with Crippen LogP contribution in [0.5, 0.6) is 5.75 Å². The van der Waals surface area contributed by atoms with Crippen molar-refractivity contribution in [3.8, 4) is 5.75 Å². The van der Waals surface area contributed by atoms with Crippen molar-refractivity contribution in [1.29, 1.82) is 0 Å². The van der Waals surface area contributed by atoms with Gasteiger partial charge in [0.05, 0.1) is 24.5 Å². The fourth-order valence-corrected chi connectivity index (χ4v) is 3.26. The zero-order valence-corrected chi connectivity index (χ0v) is 16.9. The number of anilines is 3. The van der Waals surface area contributed by atoms with Gasteiger partial charge in [-0.1, -0.05) is 24.8 Å². The molecule has 0 saturated carbocycles. The smallest absolute Gasteiger partial charge is 0.224 e. The minimum Gasteiger partial charge on any atom is -0.496 e. The molecule has 1 atom stereocenters. The average Bonchev–Trinajstić information content (AvgIpc) is 2.71. The highest BCUT2D eigenvalue weighted by Crippen LogP contribution is 2.41. The number of aromatic nitrogens is 1. The third-order valence-electron chi connectivity index (χ3n) is 4.92. The van der Waals surface area contributed by atoms with Crippen LogP contribution >= 0.6 is 0 Å². The van der Waals surface area contributed by atoms with Crippen molar-refractivity contribution in [2.45, 2.75) is 19.9 Å². The third kappa shape index (κ3) is 3.31. The van der Waals surface area contributed by atoms with Gasteiger partial charge in [0, 0.05) is 26.6 Å². The minimum atomic E-state index is -0.119. The molecule has 0 aliphatic carbocycles. The summed E-state index contributed by atoms with van der Waals surface area (Å²) in [4.78, 5) is 24.4. The molecule has 1 aliphatic rings. The highest BCUT2D eigenvalue weighted by molar-refractivity contribution is 6.14. The number of methoxy groups -OCH3 is 1. The predicted molar refractivity (Wildman–Crippen MR) is 113 cm³/mol. The second-order valence-corrected chi connectivity index (χ2v) is 6.55. The molecule has 0 spiro atoms. The molecule has 1 N–H and O–H groups in total. The summed E-state index contributed by atoms with van der Waals surface area (Å²) in [6.45, 7) is 7.80. The maximum atomic E-state index is 11.8. The van der Waals surface area contributed by atoms with Gasteiger partial charge in [0.2, 0.25) is 5.91 Å². The number of carbonyl (C=O) groups excluding carboxylic acids is 1. The molecule has 1 unspecified atom stereocenters. The molecule has 0 bridgehead atoms. The molecule has 1 amide bonds. The molecule has 1 aliphatic heterocycles. The first-order valence-corrected chi connectivity index (χ1v) is 8.99. The molecule has 3 rings (SSSR count). The number of pyridine rings is 1. The highest BCUT2D eigenvalue weighted by Gasteiger charge is 2.32. The molecular formula is C21H25N5O2. The van der Waals surface area contributed by atoms with Crippen LogP contribution < -0.4 is 19.9 Å². The number of ether oxygens (including phenoxy) is 1. The topological polar surface area (TPSA) is 70.1 Å². The Balaban J connectivity index is 2.15. The summed E-state index contributed by atoms with van der Waals surface area (Å²) >= 11 is 0. The summed E-state index contributed by atoms with van der Waals surface area (Å²) in [5.41, 5.74) is 2.50. The van der Waals surface area contributed by atoms with Gasteiger partial charge in [-0.15, -0.1) is 0 Å². The first-order valence-electron chi connectivity index (χ1n) is 8.99. The van der Waals surface area contributed by atoms with Crippen LogP contribution in [0.4, 0.5) is 17.3 Å². The number of carbonyl (C=O) groups is 1. The third-order valence-corrected chi connectivity index (χ3v) is 4.92. The summed E-state index contributed by atoms with van der Waals surface area (Å²) in [6.07, 6.45) is 0. The molecule has 2 aromatic rings. The number of amidine groups is 1. The van der Waals surface area contributed by atoms with E-state index in [2.05, 4.69) is 23.8 Å². The Labute approximate surface area is 165 Å². The summed E-state index contributed by atoms with van der Waals surface area (Å²) in [5.74, 6) is 2.62. The van der Waals surface area contributed by atoms with Gasteiger partial charge in [-0.25, -0.2) is 4.98 Å². The van der Waals surface area contributed by atoms with E-state index in [0.29, 0.717) is 23.2 Å². The Bertz CT molecular complexity index is 954. The Morgan fingerprint density at radius 2 is 2.04 bits per heavy atom. The number of hydrogen-bond acceptors (Lipinski definition) is 5. The first-order chi connectivity index (χ1) is 13.4. The Morgan fingerprint density at radius 1 is 1.32 bits per heavy atom. The van der Waals surface area contributed by atoms with E-state index in [1.54, 1.807) is 27.3 Å². The predicted octanol–water partition coefficient (Wildman–Crippen LogP) is 3.61. The summed E-state index contributed by atoms with van der Waals surface area (Å²) in [7, 11) is 5.08. The van der Waals surface area contributed by atoms with Gasteiger partial charge >= 0.3 is 0 Å². The average molecular weight is 379 g/mol. The van der Waals surface area contributed by atoms with Crippen LogP contribution in [0.1, 0.15) is 25.5 Å². The van der Waals surface area contributed by atoms with Crippen LogP contribution in [0.25, 0.3) is 0 Å². The SMILES string of the molecule is C=C1C(=NC)Nc2ccc(N(C)C(C)=O)nc2N1C(C)c1ccccc1OC. The van der Waals surface area contributed by atoms with Gasteiger partial charge in [-0.3, -0.25) is 9.79 Å². The van der Waals surface area contributed by atoms with E-state index in [1.165, 1.54) is 11.8 Å². The number of nitrogens with zero attached hydrogens (tertiary/aromatic N) is 4. The van der Waals surface area contributed by atoms with Gasteiger partial charge < -0.3 is 19.9 Å². The van der Waals surface area contributed by atoms with Gasteiger partial charge in [0.25, 0.3) is 0 Å². The van der Waals surface area contributed by atoms with Crippen LogP contribution in [0.2, 0.25) is 0 Å². The standard InChI is InChI=1S/C21H25N5O2/c1-13(16-9-7-8-10-18(16)28-6)26-14(2)20(22-4)23-17-11-12-19(24-21(17)26)25(5)15(3)27/h7-13H,2H2,1,3-6H3,(H,22,23). The zero-order valence-electron chi connectivity index (χ0n) is 16.9. The van der Waals surface area contributed by atoms with E-state index >= 15 is 0 Å². The van der Waals surface area contributed by atoms with Gasteiger partial charge in [0.15, 0.2) is 5.82 Å². The lowest BCUT2D eigenvalue weighted by atomic mass is 10.0. The summed E-state index contributed by atoms with van der Waals surface area (Å²) < 4.78 is 5.55. The molecular weight excluding hydrogens is 354 g/mol. The molecule has 28 heavy (non-hydrogen) atoms. The second kappa shape index (κ2) is 7.72. The van der Waals surface area contributed by atoms with Crippen molar-refractivity contribution in [3.63, 3.8) is 0 Å². The maximum absolute atomic E-state index is 11.8. The van der Waals surface area contributed by atoms with E-state index in [0.717, 1.165) is 17.0 Å². The van der Waals surface area contributed by atoms with Crippen LogP contribution in [0.3, 0.4) is 0 Å². The fourth-order valence-electron chi connectivity index (χ4n) is 3.26. The summed E-state index contributed by atoms with van der Waals surface area (Å²) in [5, 5.41) is 3.27. The van der Waals surface area contributed by atoms with Gasteiger partial charge in [-0.2, -0.15) is 0 Å². The molecule has 7 heteroatoms. The lowest BCUT2D eigenvalue weighted by Gasteiger charge is -2.38. The number of para-hydroxylation sites is 1. The fraction of sp³-hybridized carbons (Fsp3) is 0.286. The molecule has 0 saturated heterocycles. The van der Waals surface area contributed by atoms with E-state index in [9.17, 15) is 4.79 Å². The minimum absolute atomic E-state index is 0.0878. The normalized spacial score (nSPS) is 15.7. The molecule has 7 nitrogen and oxygen atoms in total. The van der Waals surface area contributed by atoms with E-state index < -0.39 is 0 Å². The van der Waals surface area contributed by atoms with E-state index in [1.807, 2.05) is 35.2 Å². The Morgan fingerprint density at radius 3 is 2.68 bits per heavy atom. The molecule has 0 fully saturated rings. The van der Waals surface area contributed by atoms with Crippen molar-refractivity contribution in [2.24, 2.45) is 4.99 Å². The molecule has 2 heterocycles. The monoisotopic (exact) mass is 379 g/mol. The van der Waals surface area contributed by atoms with Crippen molar-refractivity contribution < 1.29 is 9.53 Å². The van der Waals surface area contributed by atoms with Gasteiger partial charge in [0.1, 0.15) is 17.4 Å². The molecule has 0 radical (unpaired) electrons. The number of amides is 1. The van der Waals surface area contributed by atoms with Crippen molar-refractivity contribution in [2.75, 3.05) is 36.3 Å². The maximum Gasteiger partial charge on any atom is 0.224 e. The highest BCUT2D eigenvalue weighted by atomic mass is 16.5. The van der Waals surface area contributed by atoms with Crippen LogP contribution in [-0.4, -0.2) is 37.9 Å². The van der Waals surface area contributed by atoms with Crippen molar-refractivity contribution >= 4 is 29.1 Å². The van der Waals surface area contributed by atoms with Crippen LogP contribution in [0.15, 0.2) is 53.7 Å². The second-order valence-electron chi connectivity index (χ2n) is 6.55. The number of fused-ring (bicyclic) bond motifs is 1. The van der Waals surface area contributed by atoms with Crippen molar-refractivity contribution in [1.82, 2.24) is 4.98 Å². The number of nitrogens with one attached hydrogen (secondary N) is 1. The Kier molecular flexibility index (Phi) is 5.35. The largest absolute Gasteiger partial charge is 0.496 e. The van der Waals surface area contributed by atoms with Crippen LogP contribution in [-0.2, 0) is 4.79 Å². The quantitative estimate of drug-likeness (QED) is 0.879. The first kappa shape index (κ1) is 19.4. The lowest BCUT2D eigenvalue weighted by Crippen LogP contribution is -2.38. The van der Waals surface area contributed by atoms with Crippen LogP contribution in [0, 0.1) is 0 Å². The molecule has 1 aromatic carbocycles. The summed E-state index contributed by atoms with van der Waals surface area (Å²) in [6, 6.07) is 11.4. The van der Waals surface area contributed by atoms with Crippen molar-refractivity contribution in [3.05, 3.63) is 54.2 Å². The number of hydrogen-bond donors (Lipinski definition) is 1. The Hall–Kier alpha value is -3.35. The number of rotatable bonds is 4. The number of aliphatic imine (C=N–C) groups is 1. The number of benzene rings is 1. The molecule has 1 aromatic heterocycles. The zero-order chi connectivity index (χ0) is 20.4.